The molecule has 3 rings (SSSR count). The molecule has 0 spiro atoms. The molecule has 0 aliphatic carbocycles. The van der Waals surface area contributed by atoms with Crippen molar-refractivity contribution in [1.29, 1.82) is 0 Å². The number of halogens is 1. The van der Waals surface area contributed by atoms with Crippen LogP contribution in [0.1, 0.15) is 19.3 Å². The average Bonchev–Trinajstić information content (AvgIpc) is 2.60. The van der Waals surface area contributed by atoms with E-state index in [2.05, 4.69) is 43.3 Å². The first kappa shape index (κ1) is 10.5. The van der Waals surface area contributed by atoms with Crippen LogP contribution in [-0.2, 0) is 0 Å². The third-order valence-corrected chi connectivity index (χ3v) is 4.03. The van der Waals surface area contributed by atoms with Crippen molar-refractivity contribution in [3.8, 4) is 0 Å². The Hall–Kier alpha value is -0.610. The van der Waals surface area contributed by atoms with Crippen LogP contribution in [0.3, 0.4) is 0 Å². The fourth-order valence-corrected chi connectivity index (χ4v) is 2.94. The maximum Gasteiger partial charge on any atom is 0.128 e. The smallest absolute Gasteiger partial charge is 0.128 e. The molecule has 2 atom stereocenters. The number of nitrogens with zero attached hydrogens (tertiary/aromatic N) is 2. The highest BCUT2D eigenvalue weighted by molar-refractivity contribution is 9.10. The van der Waals surface area contributed by atoms with Crippen LogP contribution in [0.5, 0.6) is 0 Å². The fourth-order valence-electron chi connectivity index (χ4n) is 2.71. The van der Waals surface area contributed by atoms with E-state index in [0.717, 1.165) is 29.4 Å². The van der Waals surface area contributed by atoms with Crippen molar-refractivity contribution >= 4 is 21.7 Å². The van der Waals surface area contributed by atoms with Crippen LogP contribution >= 0.6 is 15.9 Å². The predicted molar refractivity (Wildman–Crippen MR) is 68.7 cm³/mol. The van der Waals surface area contributed by atoms with Gasteiger partial charge >= 0.3 is 0 Å². The minimum Gasteiger partial charge on any atom is -0.355 e. The van der Waals surface area contributed by atoms with Crippen LogP contribution in [0.2, 0.25) is 0 Å². The van der Waals surface area contributed by atoms with Gasteiger partial charge in [0, 0.05) is 35.8 Å². The molecule has 2 bridgehead atoms. The van der Waals surface area contributed by atoms with Gasteiger partial charge in [0.2, 0.25) is 0 Å². The molecule has 1 aromatic rings. The zero-order valence-corrected chi connectivity index (χ0v) is 10.8. The summed E-state index contributed by atoms with van der Waals surface area (Å²) in [6, 6.07) is 5.57. The second-order valence-electron chi connectivity index (χ2n) is 4.71. The number of aromatic nitrogens is 1. The van der Waals surface area contributed by atoms with E-state index in [-0.39, 0.29) is 0 Å². The molecular formula is C12H16BrN3. The van der Waals surface area contributed by atoms with Crippen LogP contribution in [0.25, 0.3) is 0 Å². The summed E-state index contributed by atoms with van der Waals surface area (Å²) in [6.07, 6.45) is 5.80. The second-order valence-corrected chi connectivity index (χ2v) is 5.62. The highest BCUT2D eigenvalue weighted by atomic mass is 79.9. The van der Waals surface area contributed by atoms with Crippen molar-refractivity contribution in [3.63, 3.8) is 0 Å². The Morgan fingerprint density at radius 1 is 1.25 bits per heavy atom. The van der Waals surface area contributed by atoms with E-state index < -0.39 is 0 Å². The predicted octanol–water partition coefficient (Wildman–Crippen LogP) is 2.17. The van der Waals surface area contributed by atoms with Crippen molar-refractivity contribution in [3.05, 3.63) is 22.8 Å². The molecule has 0 radical (unpaired) electrons. The normalized spacial score (nSPS) is 29.2. The summed E-state index contributed by atoms with van der Waals surface area (Å²) in [5.74, 6) is 1.11. The van der Waals surface area contributed by atoms with E-state index >= 15 is 0 Å². The van der Waals surface area contributed by atoms with Gasteiger partial charge < -0.3 is 10.2 Å². The number of anilines is 1. The lowest BCUT2D eigenvalue weighted by atomic mass is 10.1. The maximum absolute atomic E-state index is 4.48. The SMILES string of the molecule is Brc1ccc(N2CCC3CCC(C2)N3)nc1. The first-order chi connectivity index (χ1) is 7.81. The van der Waals surface area contributed by atoms with Gasteiger partial charge in [-0.3, -0.25) is 0 Å². The van der Waals surface area contributed by atoms with Gasteiger partial charge in [0.1, 0.15) is 5.82 Å². The Labute approximate surface area is 104 Å². The van der Waals surface area contributed by atoms with Gasteiger partial charge in [-0.15, -0.1) is 0 Å². The Morgan fingerprint density at radius 3 is 2.94 bits per heavy atom. The zero-order chi connectivity index (χ0) is 11.0. The molecule has 0 aromatic carbocycles. The highest BCUT2D eigenvalue weighted by Crippen LogP contribution is 2.24. The molecule has 86 valence electrons. The lowest BCUT2D eigenvalue weighted by molar-refractivity contribution is 0.563. The number of rotatable bonds is 1. The van der Waals surface area contributed by atoms with Gasteiger partial charge in [0.05, 0.1) is 0 Å². The first-order valence-electron chi connectivity index (χ1n) is 5.94. The van der Waals surface area contributed by atoms with E-state index in [9.17, 15) is 0 Å². The van der Waals surface area contributed by atoms with E-state index in [1.54, 1.807) is 0 Å². The topological polar surface area (TPSA) is 28.2 Å². The Balaban J connectivity index is 1.77. The lowest BCUT2D eigenvalue weighted by Gasteiger charge is -2.25. The minimum absolute atomic E-state index is 0.665. The Morgan fingerprint density at radius 2 is 2.12 bits per heavy atom. The summed E-state index contributed by atoms with van der Waals surface area (Å²) in [5.41, 5.74) is 0. The summed E-state index contributed by atoms with van der Waals surface area (Å²) in [7, 11) is 0. The number of hydrogen-bond acceptors (Lipinski definition) is 3. The second kappa shape index (κ2) is 4.34. The molecule has 4 heteroatoms. The standard InChI is InChI=1S/C12H16BrN3/c13-9-1-4-12(14-7-9)16-6-5-10-2-3-11(8-16)15-10/h1,4,7,10-11,15H,2-3,5-6,8H2. The quantitative estimate of drug-likeness (QED) is 0.855. The van der Waals surface area contributed by atoms with Gasteiger partial charge in [-0.1, -0.05) is 0 Å². The Kier molecular flexibility index (Phi) is 2.86. The van der Waals surface area contributed by atoms with Gasteiger partial charge in [0.15, 0.2) is 0 Å². The number of hydrogen-bond donors (Lipinski definition) is 1. The molecular weight excluding hydrogens is 266 g/mol. The first-order valence-corrected chi connectivity index (χ1v) is 6.73. The largest absolute Gasteiger partial charge is 0.355 e. The van der Waals surface area contributed by atoms with Crippen LogP contribution in [-0.4, -0.2) is 30.2 Å². The number of pyridine rings is 1. The maximum atomic E-state index is 4.48. The van der Waals surface area contributed by atoms with Gasteiger partial charge in [-0.2, -0.15) is 0 Å². The molecule has 2 fully saturated rings. The molecule has 0 saturated carbocycles. The summed E-state index contributed by atoms with van der Waals surface area (Å²) in [5, 5.41) is 3.69. The number of fused-ring (bicyclic) bond motifs is 2. The third-order valence-electron chi connectivity index (χ3n) is 3.56. The Bertz CT molecular complexity index is 365. The number of nitrogens with one attached hydrogen (secondary N) is 1. The van der Waals surface area contributed by atoms with Crippen LogP contribution < -0.4 is 10.2 Å². The van der Waals surface area contributed by atoms with E-state index in [4.69, 9.17) is 0 Å². The molecule has 16 heavy (non-hydrogen) atoms. The van der Waals surface area contributed by atoms with E-state index in [0.29, 0.717) is 6.04 Å². The molecule has 3 heterocycles. The van der Waals surface area contributed by atoms with Crippen LogP contribution in [0.4, 0.5) is 5.82 Å². The van der Waals surface area contributed by atoms with Crippen LogP contribution in [0, 0.1) is 0 Å². The molecule has 2 aliphatic rings. The van der Waals surface area contributed by atoms with Crippen molar-refractivity contribution in [2.75, 3.05) is 18.0 Å². The molecule has 0 amide bonds. The third kappa shape index (κ3) is 2.09. The van der Waals surface area contributed by atoms with E-state index in [1.807, 2.05) is 6.20 Å². The van der Waals surface area contributed by atoms with Crippen molar-refractivity contribution in [2.24, 2.45) is 0 Å². The van der Waals surface area contributed by atoms with Crippen LogP contribution in [0.15, 0.2) is 22.8 Å². The summed E-state index contributed by atoms with van der Waals surface area (Å²) in [6.45, 7) is 2.23. The van der Waals surface area contributed by atoms with E-state index in [1.165, 1.54) is 19.3 Å². The summed E-state index contributed by atoms with van der Waals surface area (Å²) in [4.78, 5) is 6.88. The minimum atomic E-state index is 0.665. The van der Waals surface area contributed by atoms with Gasteiger partial charge in [-0.25, -0.2) is 4.98 Å². The van der Waals surface area contributed by atoms with Gasteiger partial charge in [-0.05, 0) is 47.3 Å². The monoisotopic (exact) mass is 281 g/mol. The zero-order valence-electron chi connectivity index (χ0n) is 9.19. The molecule has 2 aliphatic heterocycles. The van der Waals surface area contributed by atoms with Crippen molar-refractivity contribution < 1.29 is 0 Å². The molecule has 1 aromatic heterocycles. The highest BCUT2D eigenvalue weighted by Gasteiger charge is 2.29. The molecule has 1 N–H and O–H groups in total. The lowest BCUT2D eigenvalue weighted by Crippen LogP contribution is -2.35. The average molecular weight is 282 g/mol. The molecule has 3 nitrogen and oxygen atoms in total. The fraction of sp³-hybridized carbons (Fsp3) is 0.583. The molecule has 2 unspecified atom stereocenters. The van der Waals surface area contributed by atoms with Gasteiger partial charge in [0.25, 0.3) is 0 Å². The molecule has 2 saturated heterocycles. The van der Waals surface area contributed by atoms with Crippen molar-refractivity contribution in [1.82, 2.24) is 10.3 Å². The summed E-state index contributed by atoms with van der Waals surface area (Å²) < 4.78 is 1.05. The summed E-state index contributed by atoms with van der Waals surface area (Å²) >= 11 is 3.42. The van der Waals surface area contributed by atoms with Crippen molar-refractivity contribution in [2.45, 2.75) is 31.3 Å².